The molecule has 96 valence electrons. The number of likely N-dealkylation sites (tertiary alicyclic amines) is 1. The second-order valence-electron chi connectivity index (χ2n) is 5.05. The van der Waals surface area contributed by atoms with Gasteiger partial charge in [0, 0.05) is 24.2 Å². The van der Waals surface area contributed by atoms with Gasteiger partial charge in [0.1, 0.15) is 0 Å². The minimum absolute atomic E-state index is 0.177. The average Bonchev–Trinajstić information content (AvgIpc) is 2.28. The lowest BCUT2D eigenvalue weighted by atomic mass is 9.89. The van der Waals surface area contributed by atoms with Crippen molar-refractivity contribution in [3.63, 3.8) is 0 Å². The van der Waals surface area contributed by atoms with E-state index in [1.807, 2.05) is 18.2 Å². The van der Waals surface area contributed by atoms with Gasteiger partial charge in [-0.05, 0) is 36.5 Å². The van der Waals surface area contributed by atoms with Crippen molar-refractivity contribution in [2.75, 3.05) is 19.6 Å². The van der Waals surface area contributed by atoms with Crippen LogP contribution in [0.2, 0.25) is 5.02 Å². The fourth-order valence-electron chi connectivity index (χ4n) is 2.72. The summed E-state index contributed by atoms with van der Waals surface area (Å²) in [6, 6.07) is 10.4. The van der Waals surface area contributed by atoms with E-state index in [2.05, 4.69) is 17.0 Å². The van der Waals surface area contributed by atoms with Gasteiger partial charge in [-0.25, -0.2) is 0 Å². The Kier molecular flexibility index (Phi) is 4.60. The van der Waals surface area contributed by atoms with Crippen molar-refractivity contribution in [3.8, 4) is 6.07 Å². The topological polar surface area (TPSA) is 53.0 Å². The maximum atomic E-state index is 8.77. The Balaban J connectivity index is 1.98. The highest BCUT2D eigenvalue weighted by Crippen LogP contribution is 2.21. The summed E-state index contributed by atoms with van der Waals surface area (Å²) >= 11 is 5.99. The number of nitrogens with zero attached hydrogens (tertiary/aromatic N) is 2. The summed E-state index contributed by atoms with van der Waals surface area (Å²) in [5, 5.41) is 9.55. The monoisotopic (exact) mass is 263 g/mol. The van der Waals surface area contributed by atoms with E-state index < -0.39 is 0 Å². The molecule has 1 aliphatic heterocycles. The standard InChI is InChI=1S/C14H18ClN3/c15-13-3-1-2-11(7-13)6-12-8-14(17)10-18(9-12)5-4-16/h1-3,7,12,14H,5-6,8-10,17H2. The third-order valence-electron chi connectivity index (χ3n) is 3.35. The van der Waals surface area contributed by atoms with Crippen molar-refractivity contribution in [2.24, 2.45) is 11.7 Å². The SMILES string of the molecule is N#CCN1CC(N)CC(Cc2cccc(Cl)c2)C1. The molecule has 0 spiro atoms. The number of rotatable bonds is 3. The molecule has 18 heavy (non-hydrogen) atoms. The van der Waals surface area contributed by atoms with Gasteiger partial charge in [0.25, 0.3) is 0 Å². The second-order valence-corrected chi connectivity index (χ2v) is 5.48. The Bertz CT molecular complexity index is 441. The van der Waals surface area contributed by atoms with Gasteiger partial charge >= 0.3 is 0 Å². The highest BCUT2D eigenvalue weighted by atomic mass is 35.5. The fraction of sp³-hybridized carbons (Fsp3) is 0.500. The van der Waals surface area contributed by atoms with Gasteiger partial charge in [0.2, 0.25) is 0 Å². The summed E-state index contributed by atoms with van der Waals surface area (Å²) in [6.45, 7) is 2.26. The molecule has 0 bridgehead atoms. The largest absolute Gasteiger partial charge is 0.327 e. The zero-order valence-electron chi connectivity index (χ0n) is 10.3. The van der Waals surface area contributed by atoms with E-state index in [1.54, 1.807) is 0 Å². The molecule has 2 atom stereocenters. The highest BCUT2D eigenvalue weighted by Gasteiger charge is 2.24. The van der Waals surface area contributed by atoms with Crippen LogP contribution < -0.4 is 5.73 Å². The molecule has 0 aliphatic carbocycles. The molecule has 1 aromatic carbocycles. The van der Waals surface area contributed by atoms with Crippen LogP contribution >= 0.6 is 11.6 Å². The van der Waals surface area contributed by atoms with Gasteiger partial charge in [0.05, 0.1) is 12.6 Å². The minimum Gasteiger partial charge on any atom is -0.327 e. The van der Waals surface area contributed by atoms with Crippen LogP contribution in [-0.2, 0) is 6.42 Å². The van der Waals surface area contributed by atoms with Crippen LogP contribution in [-0.4, -0.2) is 30.6 Å². The molecule has 0 saturated carbocycles. The van der Waals surface area contributed by atoms with E-state index in [0.29, 0.717) is 12.5 Å². The predicted molar refractivity (Wildman–Crippen MR) is 73.3 cm³/mol. The molecule has 3 nitrogen and oxygen atoms in total. The smallest absolute Gasteiger partial charge is 0.0866 e. The molecule has 1 fully saturated rings. The van der Waals surface area contributed by atoms with Crippen molar-refractivity contribution in [3.05, 3.63) is 34.9 Å². The lowest BCUT2D eigenvalue weighted by Gasteiger charge is -2.35. The van der Waals surface area contributed by atoms with Crippen molar-refractivity contribution in [1.82, 2.24) is 4.90 Å². The van der Waals surface area contributed by atoms with E-state index in [1.165, 1.54) is 5.56 Å². The van der Waals surface area contributed by atoms with Crippen LogP contribution in [0, 0.1) is 17.2 Å². The number of halogens is 1. The number of hydrogen-bond acceptors (Lipinski definition) is 3. The van der Waals surface area contributed by atoms with Crippen LogP contribution in [0.3, 0.4) is 0 Å². The Morgan fingerprint density at radius 2 is 2.28 bits per heavy atom. The van der Waals surface area contributed by atoms with Crippen molar-refractivity contribution >= 4 is 11.6 Å². The fourth-order valence-corrected chi connectivity index (χ4v) is 2.94. The summed E-state index contributed by atoms with van der Waals surface area (Å²) in [6.07, 6.45) is 2.00. The number of benzene rings is 1. The van der Waals surface area contributed by atoms with E-state index >= 15 is 0 Å². The maximum Gasteiger partial charge on any atom is 0.0866 e. The lowest BCUT2D eigenvalue weighted by molar-refractivity contribution is 0.172. The molecule has 1 heterocycles. The summed E-state index contributed by atoms with van der Waals surface area (Å²) in [5.41, 5.74) is 7.30. The molecule has 0 aromatic heterocycles. The Morgan fingerprint density at radius 1 is 1.44 bits per heavy atom. The first-order valence-corrected chi connectivity index (χ1v) is 6.64. The molecular weight excluding hydrogens is 246 g/mol. The molecule has 0 amide bonds. The van der Waals surface area contributed by atoms with Crippen LogP contribution in [0.15, 0.2) is 24.3 Å². The van der Waals surface area contributed by atoms with E-state index in [9.17, 15) is 0 Å². The highest BCUT2D eigenvalue weighted by molar-refractivity contribution is 6.30. The number of nitriles is 1. The zero-order valence-corrected chi connectivity index (χ0v) is 11.1. The maximum absolute atomic E-state index is 8.77. The van der Waals surface area contributed by atoms with Gasteiger partial charge in [-0.15, -0.1) is 0 Å². The number of hydrogen-bond donors (Lipinski definition) is 1. The summed E-state index contributed by atoms with van der Waals surface area (Å²) < 4.78 is 0. The Labute approximate surface area is 113 Å². The normalized spacial score (nSPS) is 24.7. The Hall–Kier alpha value is -1.08. The van der Waals surface area contributed by atoms with Crippen LogP contribution in [0.1, 0.15) is 12.0 Å². The van der Waals surface area contributed by atoms with Crippen molar-refractivity contribution < 1.29 is 0 Å². The predicted octanol–water partition coefficient (Wildman–Crippen LogP) is 2.06. The van der Waals surface area contributed by atoms with Crippen LogP contribution in [0.25, 0.3) is 0 Å². The summed E-state index contributed by atoms with van der Waals surface area (Å²) in [5.74, 6) is 0.514. The third kappa shape index (κ3) is 3.71. The van der Waals surface area contributed by atoms with E-state index in [-0.39, 0.29) is 6.04 Å². The first-order valence-electron chi connectivity index (χ1n) is 6.26. The Morgan fingerprint density at radius 3 is 3.00 bits per heavy atom. The molecule has 1 saturated heterocycles. The zero-order chi connectivity index (χ0) is 13.0. The number of nitrogens with two attached hydrogens (primary N) is 1. The van der Waals surface area contributed by atoms with Gasteiger partial charge in [0.15, 0.2) is 0 Å². The second kappa shape index (κ2) is 6.19. The summed E-state index contributed by atoms with van der Waals surface area (Å²) in [4.78, 5) is 2.14. The van der Waals surface area contributed by atoms with Crippen LogP contribution in [0.4, 0.5) is 0 Å². The molecule has 2 N–H and O–H groups in total. The molecule has 4 heteroatoms. The molecule has 2 unspecified atom stereocenters. The average molecular weight is 264 g/mol. The molecule has 2 rings (SSSR count). The third-order valence-corrected chi connectivity index (χ3v) is 3.59. The van der Waals surface area contributed by atoms with Gasteiger partial charge in [-0.1, -0.05) is 23.7 Å². The van der Waals surface area contributed by atoms with Crippen molar-refractivity contribution in [2.45, 2.75) is 18.9 Å². The van der Waals surface area contributed by atoms with Gasteiger partial charge in [-0.2, -0.15) is 5.26 Å². The van der Waals surface area contributed by atoms with Crippen LogP contribution in [0.5, 0.6) is 0 Å². The molecule has 0 radical (unpaired) electrons. The quantitative estimate of drug-likeness (QED) is 0.850. The molecular formula is C14H18ClN3. The lowest BCUT2D eigenvalue weighted by Crippen LogP contribution is -2.47. The first kappa shape index (κ1) is 13.4. The van der Waals surface area contributed by atoms with Gasteiger partial charge < -0.3 is 5.73 Å². The van der Waals surface area contributed by atoms with Gasteiger partial charge in [-0.3, -0.25) is 4.90 Å². The van der Waals surface area contributed by atoms with E-state index in [4.69, 9.17) is 22.6 Å². The first-order chi connectivity index (χ1) is 8.67. The summed E-state index contributed by atoms with van der Waals surface area (Å²) in [7, 11) is 0. The number of piperidine rings is 1. The van der Waals surface area contributed by atoms with E-state index in [0.717, 1.165) is 31.0 Å². The molecule has 1 aromatic rings. The molecule has 1 aliphatic rings. The minimum atomic E-state index is 0.177. The van der Waals surface area contributed by atoms with Crippen molar-refractivity contribution in [1.29, 1.82) is 5.26 Å².